The highest BCUT2D eigenvalue weighted by Gasteiger charge is 2.18. The minimum atomic E-state index is 1.11. The molecular formula is C48H33N. The highest BCUT2D eigenvalue weighted by molar-refractivity contribution is 6.09. The van der Waals surface area contributed by atoms with Crippen LogP contribution in [0.2, 0.25) is 0 Å². The summed E-state index contributed by atoms with van der Waals surface area (Å²) < 4.78 is 0. The number of nitrogens with zero attached hydrogens (tertiary/aromatic N) is 1. The third kappa shape index (κ3) is 5.32. The highest BCUT2D eigenvalue weighted by Crippen LogP contribution is 2.43. The van der Waals surface area contributed by atoms with E-state index in [1.54, 1.807) is 0 Å². The summed E-state index contributed by atoms with van der Waals surface area (Å²) in [5, 5.41) is 7.55. The van der Waals surface area contributed by atoms with Gasteiger partial charge in [-0.1, -0.05) is 164 Å². The van der Waals surface area contributed by atoms with Crippen molar-refractivity contribution in [1.29, 1.82) is 0 Å². The largest absolute Gasteiger partial charge is 0.310 e. The number of fused-ring (bicyclic) bond motifs is 4. The normalized spacial score (nSPS) is 11.3. The fourth-order valence-electron chi connectivity index (χ4n) is 7.24. The molecule has 0 aliphatic rings. The zero-order chi connectivity index (χ0) is 32.6. The summed E-state index contributed by atoms with van der Waals surface area (Å²) in [5.74, 6) is 0. The van der Waals surface area contributed by atoms with Crippen molar-refractivity contribution in [2.24, 2.45) is 0 Å². The monoisotopic (exact) mass is 623 g/mol. The quantitative estimate of drug-likeness (QED) is 0.167. The number of benzene rings is 9. The van der Waals surface area contributed by atoms with Crippen molar-refractivity contribution in [2.45, 2.75) is 0 Å². The zero-order valence-corrected chi connectivity index (χ0v) is 27.0. The lowest BCUT2D eigenvalue weighted by Crippen LogP contribution is -2.11. The Morgan fingerprint density at radius 1 is 0.265 bits per heavy atom. The van der Waals surface area contributed by atoms with Crippen molar-refractivity contribution < 1.29 is 0 Å². The van der Waals surface area contributed by atoms with E-state index in [1.165, 1.54) is 65.7 Å². The summed E-state index contributed by atoms with van der Waals surface area (Å²) >= 11 is 0. The summed E-state index contributed by atoms with van der Waals surface area (Å²) in [6, 6.07) is 72.4. The number of rotatable bonds is 6. The number of hydrogen-bond donors (Lipinski definition) is 0. The molecule has 0 heterocycles. The highest BCUT2D eigenvalue weighted by atomic mass is 15.1. The maximum atomic E-state index is 2.40. The Morgan fingerprint density at radius 2 is 0.837 bits per heavy atom. The second-order valence-electron chi connectivity index (χ2n) is 12.6. The van der Waals surface area contributed by atoms with Crippen molar-refractivity contribution in [3.8, 4) is 33.4 Å². The third-order valence-electron chi connectivity index (χ3n) is 9.64. The lowest BCUT2D eigenvalue weighted by molar-refractivity contribution is 1.29. The van der Waals surface area contributed by atoms with Crippen LogP contribution in [0.1, 0.15) is 0 Å². The summed E-state index contributed by atoms with van der Waals surface area (Å²) in [6.07, 6.45) is 0. The van der Waals surface area contributed by atoms with Crippen LogP contribution in [-0.4, -0.2) is 0 Å². The Balaban J connectivity index is 1.16. The van der Waals surface area contributed by atoms with E-state index in [0.717, 1.165) is 17.1 Å². The van der Waals surface area contributed by atoms with Crippen LogP contribution >= 0.6 is 0 Å². The molecule has 0 saturated heterocycles. The fraction of sp³-hybridized carbons (Fsp3) is 0. The van der Waals surface area contributed by atoms with E-state index in [-0.39, 0.29) is 0 Å². The van der Waals surface area contributed by atoms with Gasteiger partial charge in [0.1, 0.15) is 0 Å². The molecule has 0 fully saturated rings. The lowest BCUT2D eigenvalue weighted by atomic mass is 9.95. The van der Waals surface area contributed by atoms with Crippen LogP contribution in [0.5, 0.6) is 0 Å². The van der Waals surface area contributed by atoms with Crippen LogP contribution in [0, 0.1) is 0 Å². The van der Waals surface area contributed by atoms with Gasteiger partial charge in [0, 0.05) is 16.9 Å². The minimum Gasteiger partial charge on any atom is -0.310 e. The van der Waals surface area contributed by atoms with Gasteiger partial charge in [-0.3, -0.25) is 0 Å². The van der Waals surface area contributed by atoms with Gasteiger partial charge in [-0.15, -0.1) is 0 Å². The molecule has 0 unspecified atom stereocenters. The molecule has 9 aromatic rings. The van der Waals surface area contributed by atoms with Crippen LogP contribution < -0.4 is 4.90 Å². The lowest BCUT2D eigenvalue weighted by Gasteiger charge is -2.28. The van der Waals surface area contributed by atoms with Gasteiger partial charge in [0.25, 0.3) is 0 Å². The number of anilines is 3. The first-order chi connectivity index (χ1) is 24.3. The van der Waals surface area contributed by atoms with E-state index >= 15 is 0 Å². The van der Waals surface area contributed by atoms with Crippen molar-refractivity contribution in [3.05, 3.63) is 200 Å². The Bertz CT molecular complexity index is 2590. The smallest absolute Gasteiger partial charge is 0.0540 e. The van der Waals surface area contributed by atoms with Gasteiger partial charge in [0.2, 0.25) is 0 Å². The molecule has 230 valence electrons. The molecule has 0 saturated carbocycles. The van der Waals surface area contributed by atoms with E-state index < -0.39 is 0 Å². The molecule has 0 radical (unpaired) electrons. The molecule has 0 bridgehead atoms. The number of para-hydroxylation sites is 1. The Labute approximate surface area is 287 Å². The number of hydrogen-bond acceptors (Lipinski definition) is 1. The molecule has 1 heteroatoms. The van der Waals surface area contributed by atoms with Crippen molar-refractivity contribution in [2.75, 3.05) is 4.90 Å². The first-order valence-electron chi connectivity index (χ1n) is 16.8. The molecule has 0 N–H and O–H groups in total. The molecule has 9 aromatic carbocycles. The average Bonchev–Trinajstić information content (AvgIpc) is 3.18. The molecule has 1 nitrogen and oxygen atoms in total. The second-order valence-corrected chi connectivity index (χ2v) is 12.6. The van der Waals surface area contributed by atoms with E-state index in [0.29, 0.717) is 0 Å². The van der Waals surface area contributed by atoms with Crippen molar-refractivity contribution >= 4 is 49.4 Å². The first-order valence-corrected chi connectivity index (χ1v) is 16.8. The predicted octanol–water partition coefficient (Wildman–Crippen LogP) is 13.6. The Hall–Kier alpha value is -6.44. The topological polar surface area (TPSA) is 3.24 Å². The molecule has 0 amide bonds. The van der Waals surface area contributed by atoms with Crippen LogP contribution in [0.3, 0.4) is 0 Å². The van der Waals surface area contributed by atoms with E-state index in [2.05, 4.69) is 205 Å². The molecule has 0 aromatic heterocycles. The molecule has 49 heavy (non-hydrogen) atoms. The molecule has 0 spiro atoms. The molecule has 9 rings (SSSR count). The van der Waals surface area contributed by atoms with Gasteiger partial charge < -0.3 is 4.90 Å². The summed E-state index contributed by atoms with van der Waals surface area (Å²) in [5.41, 5.74) is 10.6. The van der Waals surface area contributed by atoms with Gasteiger partial charge in [0.15, 0.2) is 0 Å². The summed E-state index contributed by atoms with van der Waals surface area (Å²) in [4.78, 5) is 2.40. The summed E-state index contributed by atoms with van der Waals surface area (Å²) in [7, 11) is 0. The van der Waals surface area contributed by atoms with E-state index in [1.807, 2.05) is 0 Å². The average molecular weight is 624 g/mol. The van der Waals surface area contributed by atoms with Crippen LogP contribution in [0.15, 0.2) is 200 Å². The van der Waals surface area contributed by atoms with Gasteiger partial charge >= 0.3 is 0 Å². The SMILES string of the molecule is c1ccc(-c2ccccc2N(c2ccc(-c3cccc(-c4cccc5ccccc45)c3)cc2)c2ccc3c(ccc4ccccc43)c2)cc1. The maximum Gasteiger partial charge on any atom is 0.0540 e. The molecular weight excluding hydrogens is 591 g/mol. The van der Waals surface area contributed by atoms with Crippen molar-refractivity contribution in [3.63, 3.8) is 0 Å². The predicted molar refractivity (Wildman–Crippen MR) is 210 cm³/mol. The van der Waals surface area contributed by atoms with Crippen LogP contribution in [0.4, 0.5) is 17.1 Å². The zero-order valence-electron chi connectivity index (χ0n) is 27.0. The van der Waals surface area contributed by atoms with Crippen molar-refractivity contribution in [1.82, 2.24) is 0 Å². The Kier molecular flexibility index (Phi) is 7.22. The minimum absolute atomic E-state index is 1.11. The molecule has 0 aliphatic heterocycles. The third-order valence-corrected chi connectivity index (χ3v) is 9.64. The van der Waals surface area contributed by atoms with E-state index in [4.69, 9.17) is 0 Å². The standard InChI is InChI=1S/C48H33N/c1-2-12-36(13-3-1)47-21-8-9-23-48(47)49(42-30-31-46-40(33-42)25-24-37-15-5-7-20-44(37)46)41-28-26-34(27-29-41)38-17-10-18-39(32-38)45-22-11-16-35-14-4-6-19-43(35)45/h1-33H. The van der Waals surface area contributed by atoms with Crippen LogP contribution in [-0.2, 0) is 0 Å². The Morgan fingerprint density at radius 3 is 1.69 bits per heavy atom. The molecule has 0 aliphatic carbocycles. The second kappa shape index (κ2) is 12.3. The first kappa shape index (κ1) is 28.8. The van der Waals surface area contributed by atoms with Gasteiger partial charge in [-0.05, 0) is 96.5 Å². The van der Waals surface area contributed by atoms with Crippen LogP contribution in [0.25, 0.3) is 65.7 Å². The maximum absolute atomic E-state index is 2.40. The molecule has 0 atom stereocenters. The van der Waals surface area contributed by atoms with Gasteiger partial charge in [0.05, 0.1) is 5.69 Å². The van der Waals surface area contributed by atoms with Gasteiger partial charge in [-0.2, -0.15) is 0 Å². The fourth-order valence-corrected chi connectivity index (χ4v) is 7.24. The summed E-state index contributed by atoms with van der Waals surface area (Å²) in [6.45, 7) is 0. The van der Waals surface area contributed by atoms with E-state index in [9.17, 15) is 0 Å². The van der Waals surface area contributed by atoms with Gasteiger partial charge in [-0.25, -0.2) is 0 Å².